The van der Waals surface area contributed by atoms with Crippen molar-refractivity contribution in [3.8, 4) is 16.9 Å². The van der Waals surface area contributed by atoms with Crippen LogP contribution in [0.3, 0.4) is 0 Å². The second kappa shape index (κ2) is 7.08. The van der Waals surface area contributed by atoms with Crippen molar-refractivity contribution in [2.24, 2.45) is 5.14 Å². The highest BCUT2D eigenvalue weighted by molar-refractivity contribution is 7.98. The van der Waals surface area contributed by atoms with Crippen LogP contribution in [0.4, 0.5) is 0 Å². The predicted molar refractivity (Wildman–Crippen MR) is 106 cm³/mol. The molecule has 9 heteroatoms. The number of primary sulfonamides is 1. The molecule has 7 nitrogen and oxygen atoms in total. The minimum absolute atomic E-state index is 0.0117. The van der Waals surface area contributed by atoms with E-state index in [-0.39, 0.29) is 17.2 Å². The molecule has 0 spiro atoms. The fourth-order valence-corrected chi connectivity index (χ4v) is 4.76. The van der Waals surface area contributed by atoms with Crippen molar-refractivity contribution in [2.45, 2.75) is 22.5 Å². The maximum atomic E-state index is 12.5. The number of nitrogens with two attached hydrogens (primary N) is 1. The molecule has 2 aromatic carbocycles. The van der Waals surface area contributed by atoms with Gasteiger partial charge in [-0.15, -0.1) is 11.8 Å². The number of hydrogen-bond acceptors (Lipinski definition) is 6. The second-order valence-electron chi connectivity index (χ2n) is 6.14. The van der Waals surface area contributed by atoms with E-state index in [2.05, 4.69) is 5.10 Å². The number of ether oxygens (including phenoxy) is 1. The van der Waals surface area contributed by atoms with Crippen LogP contribution in [0.5, 0.6) is 0 Å². The summed E-state index contributed by atoms with van der Waals surface area (Å²) in [6, 6.07) is 14.0. The molecule has 0 atom stereocenters. The van der Waals surface area contributed by atoms with Gasteiger partial charge in [0.1, 0.15) is 0 Å². The molecule has 1 aromatic heterocycles. The topological polar surface area (TPSA) is 104 Å². The van der Waals surface area contributed by atoms with Crippen molar-refractivity contribution < 1.29 is 17.9 Å². The first-order valence-electron chi connectivity index (χ1n) is 8.54. The van der Waals surface area contributed by atoms with Gasteiger partial charge < -0.3 is 4.74 Å². The summed E-state index contributed by atoms with van der Waals surface area (Å²) in [5, 5.41) is 9.69. The molecule has 144 valence electrons. The molecule has 1 aliphatic heterocycles. The van der Waals surface area contributed by atoms with Gasteiger partial charge in [-0.2, -0.15) is 5.10 Å². The van der Waals surface area contributed by atoms with Crippen LogP contribution in [0.1, 0.15) is 23.0 Å². The highest BCUT2D eigenvalue weighted by Crippen LogP contribution is 2.44. The summed E-state index contributed by atoms with van der Waals surface area (Å²) in [5.41, 5.74) is 3.79. The average molecular weight is 415 g/mol. The minimum atomic E-state index is -3.79. The Morgan fingerprint density at radius 1 is 1.21 bits per heavy atom. The first-order chi connectivity index (χ1) is 13.4. The molecular weight excluding hydrogens is 398 g/mol. The van der Waals surface area contributed by atoms with Crippen LogP contribution in [0, 0.1) is 0 Å². The number of sulfonamides is 1. The summed E-state index contributed by atoms with van der Waals surface area (Å²) in [4.78, 5) is 13.2. The molecule has 0 unspecified atom stereocenters. The third-order valence-electron chi connectivity index (χ3n) is 4.37. The maximum absolute atomic E-state index is 12.5. The lowest BCUT2D eigenvalue weighted by Crippen LogP contribution is -2.12. The summed E-state index contributed by atoms with van der Waals surface area (Å²) < 4.78 is 29.9. The Kier molecular flexibility index (Phi) is 4.74. The van der Waals surface area contributed by atoms with Gasteiger partial charge in [-0.3, -0.25) is 0 Å². The van der Waals surface area contributed by atoms with E-state index >= 15 is 0 Å². The predicted octanol–water partition coefficient (Wildman–Crippen LogP) is 2.97. The summed E-state index contributed by atoms with van der Waals surface area (Å²) >= 11 is 1.54. The molecule has 0 bridgehead atoms. The third kappa shape index (κ3) is 3.21. The Labute approximate surface area is 166 Å². The number of aromatic nitrogens is 2. The Morgan fingerprint density at radius 3 is 2.61 bits per heavy atom. The molecule has 0 fully saturated rings. The van der Waals surface area contributed by atoms with Gasteiger partial charge in [-0.05, 0) is 36.8 Å². The molecule has 2 heterocycles. The lowest BCUT2D eigenvalue weighted by molar-refractivity contribution is 0.0515. The standard InChI is InChI=1S/C19H17N3O4S2/c1-2-26-19(23)16-18-17(15-6-4-3-5-12(15)11-27-18)22(21-16)13-7-9-14(10-8-13)28(20,24)25/h3-10H,2,11H2,1H3,(H2,20,24,25). The summed E-state index contributed by atoms with van der Waals surface area (Å²) in [5.74, 6) is 0.247. The lowest BCUT2D eigenvalue weighted by atomic mass is 10.0. The number of thioether (sulfide) groups is 1. The number of carbonyl (C=O) groups excluding carboxylic acids is 1. The van der Waals surface area contributed by atoms with E-state index in [0.717, 1.165) is 27.5 Å². The van der Waals surface area contributed by atoms with Gasteiger partial charge >= 0.3 is 5.97 Å². The molecule has 2 N–H and O–H groups in total. The Bertz CT molecular complexity index is 1170. The van der Waals surface area contributed by atoms with Crippen molar-refractivity contribution in [3.05, 3.63) is 59.8 Å². The number of carbonyl (C=O) groups is 1. The number of fused-ring (bicyclic) bond motifs is 3. The summed E-state index contributed by atoms with van der Waals surface area (Å²) in [7, 11) is -3.79. The first kappa shape index (κ1) is 18.7. The van der Waals surface area contributed by atoms with E-state index in [1.807, 2.05) is 24.3 Å². The van der Waals surface area contributed by atoms with Gasteiger partial charge in [0.25, 0.3) is 0 Å². The van der Waals surface area contributed by atoms with Gasteiger partial charge in [-0.25, -0.2) is 23.0 Å². The molecule has 0 saturated heterocycles. The summed E-state index contributed by atoms with van der Waals surface area (Å²) in [6.45, 7) is 2.00. The molecule has 0 radical (unpaired) electrons. The second-order valence-corrected chi connectivity index (χ2v) is 8.69. The molecule has 4 rings (SSSR count). The van der Waals surface area contributed by atoms with E-state index < -0.39 is 16.0 Å². The van der Waals surface area contributed by atoms with Gasteiger partial charge in [-0.1, -0.05) is 24.3 Å². The van der Waals surface area contributed by atoms with Crippen molar-refractivity contribution >= 4 is 27.8 Å². The van der Waals surface area contributed by atoms with Gasteiger partial charge in [0.15, 0.2) is 5.69 Å². The molecule has 1 aliphatic rings. The molecule has 3 aromatic rings. The van der Waals surface area contributed by atoms with Gasteiger partial charge in [0.2, 0.25) is 10.0 Å². The fraction of sp³-hybridized carbons (Fsp3) is 0.158. The quantitative estimate of drug-likeness (QED) is 0.657. The molecule has 28 heavy (non-hydrogen) atoms. The zero-order valence-corrected chi connectivity index (χ0v) is 16.6. The SMILES string of the molecule is CCOC(=O)c1nn(-c2ccc(S(N)(=O)=O)cc2)c2c1SCc1ccccc1-2. The molecule has 0 amide bonds. The Balaban J connectivity index is 1.92. The number of benzene rings is 2. The number of hydrogen-bond donors (Lipinski definition) is 1. The largest absolute Gasteiger partial charge is 0.461 e. The van der Waals surface area contributed by atoms with Gasteiger partial charge in [0.05, 0.1) is 27.8 Å². The maximum Gasteiger partial charge on any atom is 0.360 e. The van der Waals surface area contributed by atoms with E-state index in [9.17, 15) is 13.2 Å². The lowest BCUT2D eigenvalue weighted by Gasteiger charge is -2.18. The zero-order valence-electron chi connectivity index (χ0n) is 15.0. The van der Waals surface area contributed by atoms with E-state index in [1.54, 1.807) is 23.7 Å². The fourth-order valence-electron chi connectivity index (χ4n) is 3.10. The average Bonchev–Trinajstić information content (AvgIpc) is 3.08. The van der Waals surface area contributed by atoms with Gasteiger partial charge in [0, 0.05) is 11.3 Å². The number of nitrogens with zero attached hydrogens (tertiary/aromatic N) is 2. The molecular formula is C19H17N3O4S2. The highest BCUT2D eigenvalue weighted by Gasteiger charge is 2.30. The first-order valence-corrected chi connectivity index (χ1v) is 11.1. The van der Waals surface area contributed by atoms with Crippen LogP contribution in [0.25, 0.3) is 16.9 Å². The van der Waals surface area contributed by atoms with E-state index in [0.29, 0.717) is 5.69 Å². The monoisotopic (exact) mass is 415 g/mol. The zero-order chi connectivity index (χ0) is 19.9. The Morgan fingerprint density at radius 2 is 1.93 bits per heavy atom. The molecule has 0 aliphatic carbocycles. The van der Waals surface area contributed by atoms with Crippen molar-refractivity contribution in [1.82, 2.24) is 9.78 Å². The normalized spacial score (nSPS) is 12.9. The van der Waals surface area contributed by atoms with Crippen LogP contribution in [0.2, 0.25) is 0 Å². The van der Waals surface area contributed by atoms with Crippen LogP contribution < -0.4 is 5.14 Å². The van der Waals surface area contributed by atoms with E-state index in [4.69, 9.17) is 9.88 Å². The molecule has 0 saturated carbocycles. The smallest absolute Gasteiger partial charge is 0.360 e. The number of rotatable bonds is 4. The van der Waals surface area contributed by atoms with Crippen molar-refractivity contribution in [2.75, 3.05) is 6.61 Å². The van der Waals surface area contributed by atoms with Crippen LogP contribution >= 0.6 is 11.8 Å². The van der Waals surface area contributed by atoms with Crippen LogP contribution in [0.15, 0.2) is 58.3 Å². The van der Waals surface area contributed by atoms with Crippen LogP contribution in [-0.2, 0) is 20.5 Å². The Hall–Kier alpha value is -2.62. The van der Waals surface area contributed by atoms with E-state index in [1.165, 1.54) is 23.9 Å². The summed E-state index contributed by atoms with van der Waals surface area (Å²) in [6.07, 6.45) is 0. The highest BCUT2D eigenvalue weighted by atomic mass is 32.2. The van der Waals surface area contributed by atoms with Crippen molar-refractivity contribution in [1.29, 1.82) is 0 Å². The minimum Gasteiger partial charge on any atom is -0.461 e. The van der Waals surface area contributed by atoms with Crippen molar-refractivity contribution in [3.63, 3.8) is 0 Å². The third-order valence-corrected chi connectivity index (χ3v) is 6.43. The van der Waals surface area contributed by atoms with Crippen LogP contribution in [-0.4, -0.2) is 30.8 Å². The number of esters is 1.